The average Bonchev–Trinajstić information content (AvgIpc) is 3.09. The third kappa shape index (κ3) is 2.40. The molecular weight excluding hydrogens is 262 g/mol. The Kier molecular flexibility index (Phi) is 3.33. The minimum Gasteiger partial charge on any atom is -0.330 e. The molecule has 6 heteroatoms. The number of rotatable bonds is 2. The minimum absolute atomic E-state index is 0.0336. The van der Waals surface area contributed by atoms with E-state index in [2.05, 4.69) is 22.0 Å². The lowest BCUT2D eigenvalue weighted by molar-refractivity contribution is -0.125. The molecule has 100 valence electrons. The van der Waals surface area contributed by atoms with Crippen molar-refractivity contribution in [1.29, 1.82) is 0 Å². The van der Waals surface area contributed by atoms with Gasteiger partial charge in [0.1, 0.15) is 5.71 Å². The Labute approximate surface area is 115 Å². The number of nitrogens with one attached hydrogen (secondary N) is 1. The number of hydrazone groups is 1. The van der Waals surface area contributed by atoms with E-state index >= 15 is 0 Å². The second-order valence-electron chi connectivity index (χ2n) is 4.81. The molecule has 0 saturated carbocycles. The number of carbonyl (C=O) groups is 2. The zero-order valence-corrected chi connectivity index (χ0v) is 11.3. The number of nitrogens with zero attached hydrogens (tertiary/aromatic N) is 2. The quantitative estimate of drug-likeness (QED) is 0.894. The first kappa shape index (κ1) is 12.3. The fraction of sp³-hybridized carbons (Fsp3) is 0.462. The Hall–Kier alpha value is -1.69. The molecule has 0 aliphatic carbocycles. The van der Waals surface area contributed by atoms with Gasteiger partial charge in [0.15, 0.2) is 0 Å². The lowest BCUT2D eigenvalue weighted by Gasteiger charge is -2.25. The van der Waals surface area contributed by atoms with Crippen molar-refractivity contribution in [2.75, 3.05) is 6.54 Å². The number of carbonyl (C=O) groups excluding carboxylic acids is 2. The molecule has 2 aliphatic heterocycles. The van der Waals surface area contributed by atoms with Gasteiger partial charge in [-0.3, -0.25) is 9.59 Å². The van der Waals surface area contributed by atoms with Gasteiger partial charge in [0, 0.05) is 19.4 Å². The second-order valence-corrected chi connectivity index (χ2v) is 5.59. The molecule has 3 heterocycles. The predicted octanol–water partition coefficient (Wildman–Crippen LogP) is 1.68. The zero-order chi connectivity index (χ0) is 13.2. The lowest BCUT2D eigenvalue weighted by Crippen LogP contribution is -2.39. The van der Waals surface area contributed by atoms with Crippen LogP contribution in [-0.4, -0.2) is 29.0 Å². The summed E-state index contributed by atoms with van der Waals surface area (Å²) in [6.07, 6.45) is 2.81. The largest absolute Gasteiger partial charge is 0.330 e. The van der Waals surface area contributed by atoms with Gasteiger partial charge >= 0.3 is 0 Å². The second kappa shape index (κ2) is 5.13. The number of amides is 2. The van der Waals surface area contributed by atoms with E-state index < -0.39 is 0 Å². The Bertz CT molecular complexity index is 524. The van der Waals surface area contributed by atoms with Gasteiger partial charge < -0.3 is 4.90 Å². The molecule has 1 N–H and O–H groups in total. The summed E-state index contributed by atoms with van der Waals surface area (Å²) < 4.78 is 0. The molecule has 3 rings (SSSR count). The van der Waals surface area contributed by atoms with Crippen LogP contribution in [0.25, 0.3) is 0 Å². The highest BCUT2D eigenvalue weighted by molar-refractivity contribution is 7.08. The summed E-state index contributed by atoms with van der Waals surface area (Å²) in [7, 11) is 0. The fourth-order valence-corrected chi connectivity index (χ4v) is 3.32. The van der Waals surface area contributed by atoms with Crippen molar-refractivity contribution in [2.45, 2.75) is 31.7 Å². The van der Waals surface area contributed by atoms with Gasteiger partial charge in [0.2, 0.25) is 5.91 Å². The minimum atomic E-state index is -0.118. The van der Waals surface area contributed by atoms with E-state index in [1.54, 1.807) is 11.3 Å². The van der Waals surface area contributed by atoms with Crippen molar-refractivity contribution in [1.82, 2.24) is 10.3 Å². The van der Waals surface area contributed by atoms with Gasteiger partial charge in [-0.2, -0.15) is 16.4 Å². The standard InChI is InChI=1S/C13H15N3O2S/c17-12-4-3-10(14-15-12)13(18)16-6-1-2-11(16)9-5-7-19-8-9/h5,7-8,11H,1-4,6H2,(H,15,17)/t11-/m1/s1. The third-order valence-corrected chi connectivity index (χ3v) is 4.29. The van der Waals surface area contributed by atoms with E-state index in [0.29, 0.717) is 18.6 Å². The van der Waals surface area contributed by atoms with Gasteiger partial charge in [-0.15, -0.1) is 0 Å². The maximum Gasteiger partial charge on any atom is 0.270 e. The number of likely N-dealkylation sites (tertiary alicyclic amines) is 1. The monoisotopic (exact) mass is 277 g/mol. The van der Waals surface area contributed by atoms with E-state index in [1.165, 1.54) is 5.56 Å². The van der Waals surface area contributed by atoms with Crippen molar-refractivity contribution in [2.24, 2.45) is 5.10 Å². The maximum absolute atomic E-state index is 12.5. The Balaban J connectivity index is 1.77. The molecule has 2 amide bonds. The van der Waals surface area contributed by atoms with Gasteiger partial charge in [0.05, 0.1) is 6.04 Å². The Morgan fingerprint density at radius 3 is 3.05 bits per heavy atom. The smallest absolute Gasteiger partial charge is 0.270 e. The van der Waals surface area contributed by atoms with Gasteiger partial charge in [-0.25, -0.2) is 5.43 Å². The van der Waals surface area contributed by atoms with E-state index in [4.69, 9.17) is 0 Å². The predicted molar refractivity (Wildman–Crippen MR) is 72.8 cm³/mol. The molecule has 19 heavy (non-hydrogen) atoms. The van der Waals surface area contributed by atoms with Crippen molar-refractivity contribution >= 4 is 28.9 Å². The van der Waals surface area contributed by atoms with Crippen LogP contribution in [0.15, 0.2) is 21.9 Å². The van der Waals surface area contributed by atoms with Crippen LogP contribution in [0.5, 0.6) is 0 Å². The van der Waals surface area contributed by atoms with Crippen LogP contribution in [0.3, 0.4) is 0 Å². The summed E-state index contributed by atoms with van der Waals surface area (Å²) in [6.45, 7) is 0.770. The van der Waals surface area contributed by atoms with Gasteiger partial charge in [0.25, 0.3) is 5.91 Å². The number of hydrogen-bond acceptors (Lipinski definition) is 4. The summed E-state index contributed by atoms with van der Waals surface area (Å²) in [4.78, 5) is 25.4. The fourth-order valence-electron chi connectivity index (χ4n) is 2.62. The molecule has 0 bridgehead atoms. The summed E-state index contributed by atoms with van der Waals surface area (Å²) in [5, 5.41) is 8.03. The Morgan fingerprint density at radius 2 is 2.37 bits per heavy atom. The molecule has 1 atom stereocenters. The Morgan fingerprint density at radius 1 is 1.47 bits per heavy atom. The van der Waals surface area contributed by atoms with Crippen molar-refractivity contribution in [3.05, 3.63) is 22.4 Å². The first-order valence-corrected chi connectivity index (χ1v) is 7.38. The van der Waals surface area contributed by atoms with E-state index in [1.807, 2.05) is 10.3 Å². The van der Waals surface area contributed by atoms with Gasteiger partial charge in [-0.1, -0.05) is 0 Å². The van der Waals surface area contributed by atoms with Crippen LogP contribution in [0.1, 0.15) is 37.3 Å². The number of hydrogen-bond donors (Lipinski definition) is 1. The van der Waals surface area contributed by atoms with Crippen LogP contribution >= 0.6 is 11.3 Å². The lowest BCUT2D eigenvalue weighted by atomic mass is 10.1. The maximum atomic E-state index is 12.5. The summed E-state index contributed by atoms with van der Waals surface area (Å²) >= 11 is 1.65. The highest BCUT2D eigenvalue weighted by Crippen LogP contribution is 2.33. The summed E-state index contributed by atoms with van der Waals surface area (Å²) in [6, 6.07) is 2.24. The molecule has 0 spiro atoms. The van der Waals surface area contributed by atoms with Crippen LogP contribution in [0, 0.1) is 0 Å². The SMILES string of the molecule is O=C1CCC(C(=O)N2CCC[C@@H]2c2ccsc2)=NN1. The molecule has 1 aromatic heterocycles. The number of thiophene rings is 1. The summed E-state index contributed by atoms with van der Waals surface area (Å²) in [5.41, 5.74) is 4.07. The van der Waals surface area contributed by atoms with Crippen LogP contribution in [0.4, 0.5) is 0 Å². The highest BCUT2D eigenvalue weighted by atomic mass is 32.1. The van der Waals surface area contributed by atoms with Crippen molar-refractivity contribution < 1.29 is 9.59 Å². The molecule has 1 aromatic rings. The first-order chi connectivity index (χ1) is 9.25. The molecule has 0 unspecified atom stereocenters. The van der Waals surface area contributed by atoms with Crippen molar-refractivity contribution in [3.8, 4) is 0 Å². The molecule has 2 aliphatic rings. The van der Waals surface area contributed by atoms with E-state index in [-0.39, 0.29) is 17.9 Å². The highest BCUT2D eigenvalue weighted by Gasteiger charge is 2.33. The third-order valence-electron chi connectivity index (χ3n) is 3.59. The topological polar surface area (TPSA) is 61.8 Å². The molecule has 1 fully saturated rings. The molecular formula is C13H15N3O2S. The average molecular weight is 277 g/mol. The molecule has 0 aromatic carbocycles. The molecule has 1 saturated heterocycles. The normalized spacial score (nSPS) is 23.2. The van der Waals surface area contributed by atoms with Gasteiger partial charge in [-0.05, 0) is 35.2 Å². The molecule has 0 radical (unpaired) electrons. The van der Waals surface area contributed by atoms with Crippen LogP contribution in [0.2, 0.25) is 0 Å². The zero-order valence-electron chi connectivity index (χ0n) is 10.5. The van der Waals surface area contributed by atoms with Crippen LogP contribution in [-0.2, 0) is 9.59 Å². The van der Waals surface area contributed by atoms with Crippen LogP contribution < -0.4 is 5.43 Å². The first-order valence-electron chi connectivity index (χ1n) is 6.44. The van der Waals surface area contributed by atoms with Crippen molar-refractivity contribution in [3.63, 3.8) is 0 Å². The molecule has 5 nitrogen and oxygen atoms in total. The summed E-state index contributed by atoms with van der Waals surface area (Å²) in [5.74, 6) is -0.152. The van der Waals surface area contributed by atoms with E-state index in [0.717, 1.165) is 19.4 Å². The van der Waals surface area contributed by atoms with E-state index in [9.17, 15) is 9.59 Å².